The Labute approximate surface area is 160 Å². The fourth-order valence-corrected chi connectivity index (χ4v) is 2.79. The van der Waals surface area contributed by atoms with Crippen LogP contribution in [0.4, 0.5) is 0 Å². The summed E-state index contributed by atoms with van der Waals surface area (Å²) in [6.45, 7) is 6.78. The van der Waals surface area contributed by atoms with Gasteiger partial charge in [-0.05, 0) is 19.4 Å². The van der Waals surface area contributed by atoms with Crippen molar-refractivity contribution in [1.82, 2.24) is 5.32 Å². The molecule has 6 atom stereocenters. The van der Waals surface area contributed by atoms with Gasteiger partial charge in [-0.3, -0.25) is 9.59 Å². The van der Waals surface area contributed by atoms with Crippen molar-refractivity contribution < 1.29 is 34.0 Å². The van der Waals surface area contributed by atoms with Crippen LogP contribution in [0.3, 0.4) is 0 Å². The maximum Gasteiger partial charge on any atom is 0.325 e. The van der Waals surface area contributed by atoms with Crippen LogP contribution in [0.5, 0.6) is 0 Å². The molecule has 8 nitrogen and oxygen atoms in total. The van der Waals surface area contributed by atoms with Crippen molar-refractivity contribution in [2.24, 2.45) is 5.92 Å². The van der Waals surface area contributed by atoms with Gasteiger partial charge >= 0.3 is 5.97 Å². The molecule has 154 valence electrons. The molecule has 1 amide bonds. The Kier molecular flexibility index (Phi) is 9.65. The molecule has 0 aromatic carbocycles. The van der Waals surface area contributed by atoms with Crippen LogP contribution in [0.25, 0.3) is 0 Å². The smallest absolute Gasteiger partial charge is 0.325 e. The van der Waals surface area contributed by atoms with Crippen LogP contribution in [0, 0.1) is 5.92 Å². The molecule has 1 rings (SSSR count). The van der Waals surface area contributed by atoms with E-state index in [0.717, 1.165) is 5.57 Å². The first-order chi connectivity index (χ1) is 12.7. The standard InChI is InChI=1S/C19H31NO7/c1-11(7-6-8-15(23)13(3)21)18-19(17(25-5)12(2)10-26-18)27-16(24)9-20-14(4)22/h6-8,12-13,15,17-19,21,23H,9-10H2,1-5H3,(H,20,22). The Hall–Kier alpha value is -1.74. The zero-order valence-corrected chi connectivity index (χ0v) is 16.5. The number of aliphatic hydroxyl groups is 2. The predicted octanol–water partition coefficient (Wildman–Crippen LogP) is 0.328. The fraction of sp³-hybridized carbons (Fsp3) is 0.684. The summed E-state index contributed by atoms with van der Waals surface area (Å²) >= 11 is 0. The summed E-state index contributed by atoms with van der Waals surface area (Å²) in [5.41, 5.74) is 0.773. The Bertz CT molecular complexity index is 558. The second kappa shape index (κ2) is 11.2. The van der Waals surface area contributed by atoms with Gasteiger partial charge in [-0.1, -0.05) is 25.2 Å². The van der Waals surface area contributed by atoms with Crippen LogP contribution < -0.4 is 5.32 Å². The van der Waals surface area contributed by atoms with E-state index >= 15 is 0 Å². The van der Waals surface area contributed by atoms with Crippen molar-refractivity contribution in [2.75, 3.05) is 20.3 Å². The second-order valence-corrected chi connectivity index (χ2v) is 6.82. The molecule has 1 aliphatic heterocycles. The van der Waals surface area contributed by atoms with E-state index in [4.69, 9.17) is 14.2 Å². The summed E-state index contributed by atoms with van der Waals surface area (Å²) < 4.78 is 17.0. The van der Waals surface area contributed by atoms with Gasteiger partial charge in [0, 0.05) is 20.0 Å². The average molecular weight is 385 g/mol. The molecule has 3 N–H and O–H groups in total. The van der Waals surface area contributed by atoms with Crippen molar-refractivity contribution in [3.63, 3.8) is 0 Å². The minimum absolute atomic E-state index is 0.0187. The van der Waals surface area contributed by atoms with Crippen LogP contribution in [0.2, 0.25) is 0 Å². The van der Waals surface area contributed by atoms with Crippen LogP contribution >= 0.6 is 0 Å². The number of amides is 1. The minimum atomic E-state index is -0.973. The molecule has 0 spiro atoms. The summed E-state index contributed by atoms with van der Waals surface area (Å²) in [6.07, 6.45) is 1.40. The fourth-order valence-electron chi connectivity index (χ4n) is 2.79. The number of ether oxygens (including phenoxy) is 3. The van der Waals surface area contributed by atoms with E-state index in [1.54, 1.807) is 19.3 Å². The molecule has 8 heteroatoms. The topological polar surface area (TPSA) is 114 Å². The minimum Gasteiger partial charge on any atom is -0.455 e. The number of hydrogen-bond donors (Lipinski definition) is 3. The first-order valence-corrected chi connectivity index (χ1v) is 8.96. The summed E-state index contributed by atoms with van der Waals surface area (Å²) in [7, 11) is 1.55. The number of esters is 1. The molecule has 0 radical (unpaired) electrons. The molecule has 0 aliphatic carbocycles. The molecular weight excluding hydrogens is 354 g/mol. The van der Waals surface area contributed by atoms with Crippen molar-refractivity contribution in [1.29, 1.82) is 0 Å². The molecule has 0 bridgehead atoms. The second-order valence-electron chi connectivity index (χ2n) is 6.82. The molecule has 27 heavy (non-hydrogen) atoms. The van der Waals surface area contributed by atoms with Gasteiger partial charge in [0.1, 0.15) is 18.8 Å². The van der Waals surface area contributed by atoms with Gasteiger partial charge in [0.2, 0.25) is 5.91 Å². The summed E-state index contributed by atoms with van der Waals surface area (Å²) in [5, 5.41) is 21.3. The molecule has 1 fully saturated rings. The third-order valence-electron chi connectivity index (χ3n) is 4.35. The maximum absolute atomic E-state index is 12.1. The highest BCUT2D eigenvalue weighted by molar-refractivity contribution is 5.80. The van der Waals surface area contributed by atoms with E-state index in [-0.39, 0.29) is 24.5 Å². The number of allylic oxidation sites excluding steroid dienone is 2. The Morgan fingerprint density at radius 2 is 1.96 bits per heavy atom. The average Bonchev–Trinajstić information content (AvgIpc) is 2.60. The summed E-state index contributed by atoms with van der Waals surface area (Å²) in [6, 6.07) is 0. The van der Waals surface area contributed by atoms with Gasteiger partial charge in [-0.2, -0.15) is 0 Å². The van der Waals surface area contributed by atoms with Gasteiger partial charge in [0.25, 0.3) is 0 Å². The number of rotatable bonds is 8. The highest BCUT2D eigenvalue weighted by Gasteiger charge is 2.42. The maximum atomic E-state index is 12.1. The molecule has 0 saturated carbocycles. The van der Waals surface area contributed by atoms with Gasteiger partial charge in [0.15, 0.2) is 6.10 Å². The first kappa shape index (κ1) is 23.3. The lowest BCUT2D eigenvalue weighted by molar-refractivity contribution is -0.191. The van der Waals surface area contributed by atoms with E-state index in [2.05, 4.69) is 5.32 Å². The lowest BCUT2D eigenvalue weighted by atomic mass is 9.90. The van der Waals surface area contributed by atoms with Crippen molar-refractivity contribution in [3.8, 4) is 0 Å². The SMILES string of the molecule is COC1C(C)COC(C(C)=CC=CC(O)C(C)O)C1OC(=O)CNC(C)=O. The quantitative estimate of drug-likeness (QED) is 0.407. The van der Waals surface area contributed by atoms with E-state index in [9.17, 15) is 19.8 Å². The molecular formula is C19H31NO7. The van der Waals surface area contributed by atoms with Gasteiger partial charge < -0.3 is 29.7 Å². The zero-order valence-electron chi connectivity index (χ0n) is 16.5. The number of hydrogen-bond acceptors (Lipinski definition) is 7. The lowest BCUT2D eigenvalue weighted by Crippen LogP contribution is -2.53. The van der Waals surface area contributed by atoms with Gasteiger partial charge in [-0.25, -0.2) is 0 Å². The number of aliphatic hydroxyl groups excluding tert-OH is 2. The molecule has 0 aromatic rings. The summed E-state index contributed by atoms with van der Waals surface area (Å²) in [4.78, 5) is 23.1. The number of nitrogens with one attached hydrogen (secondary N) is 1. The summed E-state index contributed by atoms with van der Waals surface area (Å²) in [5.74, 6) is -0.879. The third kappa shape index (κ3) is 7.42. The molecule has 0 aromatic heterocycles. The zero-order chi connectivity index (χ0) is 20.6. The van der Waals surface area contributed by atoms with Crippen molar-refractivity contribution >= 4 is 11.9 Å². The van der Waals surface area contributed by atoms with Gasteiger partial charge in [-0.15, -0.1) is 0 Å². The Balaban J connectivity index is 2.92. The normalized spacial score (nSPS) is 28.6. The highest BCUT2D eigenvalue weighted by Crippen LogP contribution is 2.29. The lowest BCUT2D eigenvalue weighted by Gasteiger charge is -2.40. The Morgan fingerprint density at radius 1 is 1.30 bits per heavy atom. The van der Waals surface area contributed by atoms with Crippen LogP contribution in [-0.2, 0) is 23.8 Å². The largest absolute Gasteiger partial charge is 0.455 e. The highest BCUT2D eigenvalue weighted by atomic mass is 16.6. The van der Waals surface area contributed by atoms with E-state index in [1.807, 2.05) is 13.8 Å². The first-order valence-electron chi connectivity index (χ1n) is 8.96. The van der Waals surface area contributed by atoms with Crippen molar-refractivity contribution in [2.45, 2.75) is 58.2 Å². The molecule has 1 heterocycles. The molecule has 1 aliphatic rings. The third-order valence-corrected chi connectivity index (χ3v) is 4.35. The van der Waals surface area contributed by atoms with Crippen molar-refractivity contribution in [3.05, 3.63) is 23.8 Å². The number of carbonyl (C=O) groups excluding carboxylic acids is 2. The number of methoxy groups -OCH3 is 1. The monoisotopic (exact) mass is 385 g/mol. The van der Waals surface area contributed by atoms with Crippen LogP contribution in [0.1, 0.15) is 27.7 Å². The van der Waals surface area contributed by atoms with Crippen LogP contribution in [-0.4, -0.2) is 72.9 Å². The van der Waals surface area contributed by atoms with E-state index < -0.39 is 30.4 Å². The molecule has 1 saturated heterocycles. The molecule has 6 unspecified atom stereocenters. The van der Waals surface area contributed by atoms with Crippen LogP contribution in [0.15, 0.2) is 23.8 Å². The van der Waals surface area contributed by atoms with E-state index in [1.165, 1.54) is 19.9 Å². The Morgan fingerprint density at radius 3 is 2.52 bits per heavy atom. The van der Waals surface area contributed by atoms with Gasteiger partial charge in [0.05, 0.1) is 18.8 Å². The number of carbonyl (C=O) groups is 2. The van der Waals surface area contributed by atoms with E-state index in [0.29, 0.717) is 6.61 Å². The predicted molar refractivity (Wildman–Crippen MR) is 98.8 cm³/mol.